The summed E-state index contributed by atoms with van der Waals surface area (Å²) in [6.45, 7) is 0. The summed E-state index contributed by atoms with van der Waals surface area (Å²) in [4.78, 5) is 16.3. The van der Waals surface area contributed by atoms with Crippen LogP contribution in [0.3, 0.4) is 0 Å². The van der Waals surface area contributed by atoms with Gasteiger partial charge in [0.15, 0.2) is 5.75 Å². The molecule has 3 aromatic rings. The van der Waals surface area contributed by atoms with Crippen LogP contribution < -0.4 is 10.2 Å². The van der Waals surface area contributed by atoms with Crippen LogP contribution in [0.25, 0.3) is 10.9 Å². The normalized spacial score (nSPS) is 10.7. The first-order valence-corrected chi connectivity index (χ1v) is 7.61. The molecule has 124 valence electrons. The molecule has 0 aliphatic rings. The molecule has 0 saturated carbocycles. The molecule has 3 rings (SSSR count). The van der Waals surface area contributed by atoms with Crippen LogP contribution in [0.4, 0.5) is 4.39 Å². The van der Waals surface area contributed by atoms with Crippen molar-refractivity contribution in [2.75, 3.05) is 14.2 Å². The molecule has 0 spiro atoms. The largest absolute Gasteiger partial charge is 0.494 e. The fourth-order valence-corrected chi connectivity index (χ4v) is 2.74. The van der Waals surface area contributed by atoms with E-state index < -0.39 is 5.97 Å². The third kappa shape index (κ3) is 3.33. The van der Waals surface area contributed by atoms with Crippen molar-refractivity contribution in [3.05, 3.63) is 65.1 Å². The Morgan fingerprint density at radius 3 is 2.52 bits per heavy atom. The SMILES string of the molecule is [B]c1cc(C(=O)OC)c(OC)c2ncc(Cc3ccc(F)cc3)cc12. The lowest BCUT2D eigenvalue weighted by Gasteiger charge is -2.13. The van der Waals surface area contributed by atoms with Crippen LogP contribution >= 0.6 is 0 Å². The Hall–Kier alpha value is -2.89. The molecule has 0 amide bonds. The lowest BCUT2D eigenvalue weighted by Crippen LogP contribution is -2.13. The second-order valence-corrected chi connectivity index (χ2v) is 5.58. The predicted octanol–water partition coefficient (Wildman–Crippen LogP) is 2.55. The van der Waals surface area contributed by atoms with Gasteiger partial charge in [-0.2, -0.15) is 0 Å². The molecule has 2 radical (unpaired) electrons. The molecule has 6 heteroatoms. The first kappa shape index (κ1) is 17.0. The second kappa shape index (κ2) is 6.93. The Bertz CT molecular complexity index is 942. The summed E-state index contributed by atoms with van der Waals surface area (Å²) in [5, 5.41) is 0.684. The maximum absolute atomic E-state index is 13.0. The predicted molar refractivity (Wildman–Crippen MR) is 94.2 cm³/mol. The molecule has 0 aliphatic heterocycles. The van der Waals surface area contributed by atoms with E-state index >= 15 is 0 Å². The number of ether oxygens (including phenoxy) is 2. The van der Waals surface area contributed by atoms with Crippen molar-refractivity contribution in [1.82, 2.24) is 4.98 Å². The topological polar surface area (TPSA) is 48.4 Å². The number of carbonyl (C=O) groups excluding carboxylic acids is 1. The molecular formula is C19H15BFNO3. The van der Waals surface area contributed by atoms with E-state index in [0.717, 1.165) is 11.1 Å². The van der Waals surface area contributed by atoms with Gasteiger partial charge in [-0.15, -0.1) is 0 Å². The van der Waals surface area contributed by atoms with E-state index in [-0.39, 0.29) is 11.4 Å². The van der Waals surface area contributed by atoms with Gasteiger partial charge >= 0.3 is 5.97 Å². The average Bonchev–Trinajstić information content (AvgIpc) is 2.63. The Morgan fingerprint density at radius 2 is 1.88 bits per heavy atom. The highest BCUT2D eigenvalue weighted by molar-refractivity contribution is 6.39. The minimum atomic E-state index is -0.539. The van der Waals surface area contributed by atoms with Gasteiger partial charge in [0, 0.05) is 6.20 Å². The summed E-state index contributed by atoms with van der Waals surface area (Å²) >= 11 is 0. The van der Waals surface area contributed by atoms with Gasteiger partial charge in [-0.05, 0) is 41.1 Å². The molecule has 4 nitrogen and oxygen atoms in total. The highest BCUT2D eigenvalue weighted by Gasteiger charge is 2.18. The summed E-state index contributed by atoms with van der Waals surface area (Å²) in [6, 6.07) is 9.71. The van der Waals surface area contributed by atoms with E-state index in [0.29, 0.717) is 28.5 Å². The summed E-state index contributed by atoms with van der Waals surface area (Å²) in [7, 11) is 8.86. The van der Waals surface area contributed by atoms with E-state index in [2.05, 4.69) is 4.98 Å². The fraction of sp³-hybridized carbons (Fsp3) is 0.158. The van der Waals surface area contributed by atoms with Crippen LogP contribution in [0, 0.1) is 5.82 Å². The number of halogens is 1. The lowest BCUT2D eigenvalue weighted by molar-refractivity contribution is 0.0597. The van der Waals surface area contributed by atoms with Gasteiger partial charge in [0.05, 0.1) is 14.2 Å². The summed E-state index contributed by atoms with van der Waals surface area (Å²) < 4.78 is 23.1. The number of fused-ring (bicyclic) bond motifs is 1. The van der Waals surface area contributed by atoms with Gasteiger partial charge in [0.1, 0.15) is 24.7 Å². The number of nitrogens with zero attached hydrogens (tertiary/aromatic N) is 1. The van der Waals surface area contributed by atoms with Crippen LogP contribution in [-0.4, -0.2) is 33.0 Å². The molecular weight excluding hydrogens is 320 g/mol. The zero-order valence-electron chi connectivity index (χ0n) is 13.9. The first-order valence-electron chi connectivity index (χ1n) is 7.61. The molecule has 1 heterocycles. The highest BCUT2D eigenvalue weighted by Crippen LogP contribution is 2.28. The average molecular weight is 335 g/mol. The van der Waals surface area contributed by atoms with Crippen LogP contribution in [-0.2, 0) is 11.2 Å². The molecule has 2 aromatic carbocycles. The standard InChI is InChI=1S/C19H15BFNO3/c1-24-18-15(19(23)25-2)9-16(20)14-8-12(10-22-17(14)18)7-11-3-5-13(21)6-4-11/h3-6,8-10H,7H2,1-2H3. The van der Waals surface area contributed by atoms with Crippen molar-refractivity contribution in [2.45, 2.75) is 6.42 Å². The zero-order valence-corrected chi connectivity index (χ0v) is 13.9. The molecule has 0 saturated heterocycles. The van der Waals surface area contributed by atoms with Gasteiger partial charge in [-0.25, -0.2) is 9.18 Å². The van der Waals surface area contributed by atoms with Crippen molar-refractivity contribution in [3.63, 3.8) is 0 Å². The summed E-state index contributed by atoms with van der Waals surface area (Å²) in [5.41, 5.74) is 3.00. The number of rotatable bonds is 4. The van der Waals surface area contributed by atoms with Gasteiger partial charge in [0.25, 0.3) is 0 Å². The second-order valence-electron chi connectivity index (χ2n) is 5.58. The molecule has 0 bridgehead atoms. The Kier molecular flexibility index (Phi) is 4.70. The number of hydrogen-bond acceptors (Lipinski definition) is 4. The molecule has 0 aliphatic carbocycles. The maximum Gasteiger partial charge on any atom is 0.341 e. The number of benzene rings is 2. The van der Waals surface area contributed by atoms with E-state index in [9.17, 15) is 9.18 Å². The minimum Gasteiger partial charge on any atom is -0.494 e. The van der Waals surface area contributed by atoms with E-state index in [1.54, 1.807) is 18.3 Å². The number of methoxy groups -OCH3 is 2. The van der Waals surface area contributed by atoms with Gasteiger partial charge in [-0.3, -0.25) is 4.98 Å². The van der Waals surface area contributed by atoms with Crippen LogP contribution in [0.2, 0.25) is 0 Å². The fourth-order valence-electron chi connectivity index (χ4n) is 2.74. The molecule has 1 aromatic heterocycles. The van der Waals surface area contributed by atoms with E-state index in [1.165, 1.54) is 32.4 Å². The van der Waals surface area contributed by atoms with Gasteiger partial charge < -0.3 is 9.47 Å². The van der Waals surface area contributed by atoms with Crippen molar-refractivity contribution in [2.24, 2.45) is 0 Å². The number of hydrogen-bond donors (Lipinski definition) is 0. The Morgan fingerprint density at radius 1 is 1.16 bits per heavy atom. The van der Waals surface area contributed by atoms with Crippen molar-refractivity contribution in [1.29, 1.82) is 0 Å². The van der Waals surface area contributed by atoms with Crippen molar-refractivity contribution in [3.8, 4) is 5.75 Å². The molecule has 0 atom stereocenters. The molecule has 25 heavy (non-hydrogen) atoms. The minimum absolute atomic E-state index is 0.230. The number of carbonyl (C=O) groups is 1. The number of esters is 1. The third-order valence-electron chi connectivity index (χ3n) is 3.95. The number of aromatic nitrogens is 1. The van der Waals surface area contributed by atoms with Crippen molar-refractivity contribution < 1.29 is 18.7 Å². The monoisotopic (exact) mass is 335 g/mol. The third-order valence-corrected chi connectivity index (χ3v) is 3.95. The van der Waals surface area contributed by atoms with Crippen LogP contribution in [0.1, 0.15) is 21.5 Å². The van der Waals surface area contributed by atoms with Gasteiger partial charge in [0.2, 0.25) is 0 Å². The Labute approximate surface area is 146 Å². The summed E-state index contributed by atoms with van der Waals surface area (Å²) in [6.07, 6.45) is 2.28. The highest BCUT2D eigenvalue weighted by atomic mass is 19.1. The smallest absolute Gasteiger partial charge is 0.341 e. The summed E-state index contributed by atoms with van der Waals surface area (Å²) in [5.74, 6) is -0.489. The zero-order chi connectivity index (χ0) is 18.0. The van der Waals surface area contributed by atoms with Crippen LogP contribution in [0.5, 0.6) is 5.75 Å². The quantitative estimate of drug-likeness (QED) is 0.543. The van der Waals surface area contributed by atoms with Gasteiger partial charge in [-0.1, -0.05) is 23.7 Å². The maximum atomic E-state index is 13.0. The van der Waals surface area contributed by atoms with Crippen molar-refractivity contribution >= 4 is 30.2 Å². The molecule has 0 N–H and O–H groups in total. The molecule has 0 unspecified atom stereocenters. The first-order chi connectivity index (χ1) is 12.0. The molecule has 0 fully saturated rings. The lowest BCUT2D eigenvalue weighted by atomic mass is 9.88. The van der Waals surface area contributed by atoms with Crippen LogP contribution in [0.15, 0.2) is 42.6 Å². The Balaban J connectivity index is 2.07. The number of pyridine rings is 1. The van der Waals surface area contributed by atoms with E-state index in [4.69, 9.17) is 17.3 Å². The van der Waals surface area contributed by atoms with E-state index in [1.807, 2.05) is 6.07 Å².